The number of likely N-dealkylation sites (tertiary alicyclic amines) is 1. The largest absolute Gasteiger partial charge is 0.491 e. The van der Waals surface area contributed by atoms with E-state index in [0.717, 1.165) is 43.7 Å². The molecule has 2 aromatic carbocycles. The van der Waals surface area contributed by atoms with Crippen LogP contribution in [0.4, 0.5) is 4.39 Å². The van der Waals surface area contributed by atoms with E-state index in [1.54, 1.807) is 6.92 Å². The molecule has 1 saturated heterocycles. The van der Waals surface area contributed by atoms with Gasteiger partial charge >= 0.3 is 0 Å². The van der Waals surface area contributed by atoms with Crippen molar-refractivity contribution < 1.29 is 19.0 Å². The van der Waals surface area contributed by atoms with Gasteiger partial charge in [0.25, 0.3) is 5.91 Å². The number of aliphatic hydroxyl groups excluding tert-OH is 1. The highest BCUT2D eigenvalue weighted by molar-refractivity contribution is 6.31. The summed E-state index contributed by atoms with van der Waals surface area (Å²) in [4.78, 5) is 15.1. The van der Waals surface area contributed by atoms with E-state index in [1.165, 1.54) is 29.3 Å². The highest BCUT2D eigenvalue weighted by Crippen LogP contribution is 2.29. The van der Waals surface area contributed by atoms with Crippen LogP contribution in [0.3, 0.4) is 0 Å². The molecule has 1 aliphatic heterocycles. The summed E-state index contributed by atoms with van der Waals surface area (Å²) in [6.07, 6.45) is 2.49. The standard InChI is InChI=1S/C26H34ClFN2O3/c1-5-6-22-12-21(29-26(32)19-7-9-24(28)23(27)11-19)14-30(22)13-20-8-10-25(18(4)17(20)3)33-15-16(2)31/h7-11,16,21-22,31H,5-6,12-15H2,1-4H3,(H,29,32)/t16-,21+,22?/m1/s1. The molecule has 3 rings (SSSR count). The van der Waals surface area contributed by atoms with Crippen LogP contribution in [0.15, 0.2) is 30.3 Å². The molecule has 1 heterocycles. The van der Waals surface area contributed by atoms with Crippen molar-refractivity contribution in [1.29, 1.82) is 0 Å². The van der Waals surface area contributed by atoms with Crippen LogP contribution in [-0.2, 0) is 6.54 Å². The van der Waals surface area contributed by atoms with Gasteiger partial charge in [0.05, 0.1) is 11.1 Å². The lowest BCUT2D eigenvalue weighted by Gasteiger charge is -2.25. The Morgan fingerprint density at radius 1 is 1.30 bits per heavy atom. The maximum atomic E-state index is 13.4. The zero-order chi connectivity index (χ0) is 24.1. The number of benzene rings is 2. The number of rotatable bonds is 9. The van der Waals surface area contributed by atoms with Crippen LogP contribution in [-0.4, -0.2) is 47.3 Å². The third kappa shape index (κ3) is 6.46. The molecular weight excluding hydrogens is 443 g/mol. The molecule has 1 unspecified atom stereocenters. The van der Waals surface area contributed by atoms with Crippen molar-refractivity contribution in [3.05, 3.63) is 63.4 Å². The van der Waals surface area contributed by atoms with E-state index in [0.29, 0.717) is 11.6 Å². The molecule has 7 heteroatoms. The second-order valence-corrected chi connectivity index (χ2v) is 9.45. The van der Waals surface area contributed by atoms with Crippen molar-refractivity contribution in [1.82, 2.24) is 10.2 Å². The maximum Gasteiger partial charge on any atom is 0.251 e. The summed E-state index contributed by atoms with van der Waals surface area (Å²) in [5.41, 5.74) is 3.86. The van der Waals surface area contributed by atoms with Crippen LogP contribution in [0.25, 0.3) is 0 Å². The van der Waals surface area contributed by atoms with Gasteiger partial charge in [-0.1, -0.05) is 31.0 Å². The number of hydrogen-bond donors (Lipinski definition) is 2. The number of ether oxygens (including phenoxy) is 1. The summed E-state index contributed by atoms with van der Waals surface area (Å²) < 4.78 is 19.2. The van der Waals surface area contributed by atoms with Crippen LogP contribution in [0.5, 0.6) is 5.75 Å². The summed E-state index contributed by atoms with van der Waals surface area (Å²) in [5.74, 6) is 0.0358. The van der Waals surface area contributed by atoms with Crippen molar-refractivity contribution in [3.8, 4) is 5.75 Å². The van der Waals surface area contributed by atoms with Crippen LogP contribution in [0.2, 0.25) is 5.02 Å². The Morgan fingerprint density at radius 3 is 2.73 bits per heavy atom. The minimum Gasteiger partial charge on any atom is -0.491 e. The van der Waals surface area contributed by atoms with Gasteiger partial charge in [-0.3, -0.25) is 9.69 Å². The molecule has 0 bridgehead atoms. The molecule has 1 amide bonds. The van der Waals surface area contributed by atoms with Gasteiger partial charge in [-0.05, 0) is 74.6 Å². The highest BCUT2D eigenvalue weighted by atomic mass is 35.5. The minimum atomic E-state index is -0.531. The van der Waals surface area contributed by atoms with Crippen LogP contribution < -0.4 is 10.1 Å². The van der Waals surface area contributed by atoms with Crippen molar-refractivity contribution in [2.24, 2.45) is 0 Å². The Morgan fingerprint density at radius 2 is 2.06 bits per heavy atom. The van der Waals surface area contributed by atoms with Gasteiger partial charge in [0.1, 0.15) is 18.2 Å². The molecule has 0 spiro atoms. The Labute approximate surface area is 200 Å². The molecule has 33 heavy (non-hydrogen) atoms. The Balaban J connectivity index is 1.69. The fourth-order valence-corrected chi connectivity index (χ4v) is 4.61. The fraction of sp³-hybridized carbons (Fsp3) is 0.500. The van der Waals surface area contributed by atoms with E-state index in [1.807, 2.05) is 13.0 Å². The smallest absolute Gasteiger partial charge is 0.251 e. The fourth-order valence-electron chi connectivity index (χ4n) is 4.43. The van der Waals surface area contributed by atoms with Gasteiger partial charge in [0, 0.05) is 30.7 Å². The van der Waals surface area contributed by atoms with E-state index in [4.69, 9.17) is 16.3 Å². The Bertz CT molecular complexity index is 982. The number of nitrogens with zero attached hydrogens (tertiary/aromatic N) is 1. The van der Waals surface area contributed by atoms with Gasteiger partial charge < -0.3 is 15.2 Å². The second kappa shape index (κ2) is 11.3. The summed E-state index contributed by atoms with van der Waals surface area (Å²) >= 11 is 5.84. The van der Waals surface area contributed by atoms with Crippen molar-refractivity contribution >= 4 is 17.5 Å². The van der Waals surface area contributed by atoms with Gasteiger partial charge in [-0.15, -0.1) is 0 Å². The molecule has 3 atom stereocenters. The van der Waals surface area contributed by atoms with Crippen molar-refractivity contribution in [2.75, 3.05) is 13.2 Å². The molecule has 5 nitrogen and oxygen atoms in total. The first kappa shape index (κ1) is 25.5. The number of nitrogens with one attached hydrogen (secondary N) is 1. The minimum absolute atomic E-state index is 0.0212. The number of aliphatic hydroxyl groups is 1. The van der Waals surface area contributed by atoms with Gasteiger partial charge in [0.15, 0.2) is 0 Å². The molecule has 180 valence electrons. The van der Waals surface area contributed by atoms with E-state index in [2.05, 4.69) is 30.1 Å². The van der Waals surface area contributed by atoms with Crippen LogP contribution in [0, 0.1) is 19.7 Å². The molecule has 2 N–H and O–H groups in total. The van der Waals surface area contributed by atoms with Gasteiger partial charge in [-0.25, -0.2) is 4.39 Å². The lowest BCUT2D eigenvalue weighted by atomic mass is 10.0. The summed E-state index contributed by atoms with van der Waals surface area (Å²) in [5, 5.41) is 12.6. The molecule has 0 aliphatic carbocycles. The van der Waals surface area contributed by atoms with Crippen LogP contribution >= 0.6 is 11.6 Å². The summed E-state index contributed by atoms with van der Waals surface area (Å²) in [7, 11) is 0. The molecule has 1 aliphatic rings. The van der Waals surface area contributed by atoms with E-state index in [9.17, 15) is 14.3 Å². The molecule has 0 radical (unpaired) electrons. The summed E-state index contributed by atoms with van der Waals surface area (Å²) in [6.45, 7) is 9.84. The van der Waals surface area contributed by atoms with E-state index < -0.39 is 11.9 Å². The average Bonchev–Trinajstić information content (AvgIpc) is 3.13. The lowest BCUT2D eigenvalue weighted by molar-refractivity contribution is 0.0937. The number of amides is 1. The first-order chi connectivity index (χ1) is 15.7. The zero-order valence-electron chi connectivity index (χ0n) is 19.8. The van der Waals surface area contributed by atoms with Crippen molar-refractivity contribution in [3.63, 3.8) is 0 Å². The summed E-state index contributed by atoms with van der Waals surface area (Å²) in [6, 6.07) is 8.52. The lowest BCUT2D eigenvalue weighted by Crippen LogP contribution is -2.37. The van der Waals surface area contributed by atoms with Gasteiger partial charge in [0.2, 0.25) is 0 Å². The van der Waals surface area contributed by atoms with Crippen LogP contribution in [0.1, 0.15) is 60.2 Å². The predicted molar refractivity (Wildman–Crippen MR) is 129 cm³/mol. The Hall–Kier alpha value is -2.15. The number of carbonyl (C=O) groups excluding carboxylic acids is 1. The molecule has 0 aromatic heterocycles. The molecule has 2 aromatic rings. The monoisotopic (exact) mass is 476 g/mol. The second-order valence-electron chi connectivity index (χ2n) is 9.04. The van der Waals surface area contributed by atoms with E-state index >= 15 is 0 Å². The maximum absolute atomic E-state index is 13.4. The normalized spacial score (nSPS) is 19.5. The Kier molecular flexibility index (Phi) is 8.74. The molecule has 0 saturated carbocycles. The molecule has 1 fully saturated rings. The van der Waals surface area contributed by atoms with Crippen molar-refractivity contribution in [2.45, 2.75) is 71.7 Å². The average molecular weight is 477 g/mol. The zero-order valence-corrected chi connectivity index (χ0v) is 20.6. The predicted octanol–water partition coefficient (Wildman–Crippen LogP) is 5.03. The third-order valence-corrected chi connectivity index (χ3v) is 6.66. The third-order valence-electron chi connectivity index (χ3n) is 6.37. The first-order valence-corrected chi connectivity index (χ1v) is 12.0. The number of hydrogen-bond acceptors (Lipinski definition) is 4. The first-order valence-electron chi connectivity index (χ1n) is 11.6. The quantitative estimate of drug-likeness (QED) is 0.533. The number of carbonyl (C=O) groups is 1. The SMILES string of the molecule is CCCC1C[C@H](NC(=O)c2ccc(F)c(Cl)c2)CN1Cc1ccc(OC[C@@H](C)O)c(C)c1C. The topological polar surface area (TPSA) is 61.8 Å². The highest BCUT2D eigenvalue weighted by Gasteiger charge is 2.32. The van der Waals surface area contributed by atoms with Gasteiger partial charge in [-0.2, -0.15) is 0 Å². The molecular formula is C26H34ClFN2O3. The van der Waals surface area contributed by atoms with E-state index in [-0.39, 0.29) is 23.6 Å². The number of halogens is 2.